The van der Waals surface area contributed by atoms with E-state index in [-0.39, 0.29) is 0 Å². The number of hydrogen-bond donors (Lipinski definition) is 0. The molecule has 0 aliphatic carbocycles. The number of benzene rings is 1. The second kappa shape index (κ2) is 12.5. The van der Waals surface area contributed by atoms with Crippen LogP contribution in [0.25, 0.3) is 11.6 Å². The van der Waals surface area contributed by atoms with Crippen LogP contribution in [0.3, 0.4) is 0 Å². The quantitative estimate of drug-likeness (QED) is 0.442. The van der Waals surface area contributed by atoms with Crippen molar-refractivity contribution in [2.75, 3.05) is 0 Å². The van der Waals surface area contributed by atoms with Crippen molar-refractivity contribution in [1.82, 2.24) is 9.97 Å². The average molecular weight is 399 g/mol. The van der Waals surface area contributed by atoms with Crippen LogP contribution in [0.1, 0.15) is 82.5 Å². The van der Waals surface area contributed by atoms with E-state index in [1.807, 2.05) is 13.8 Å². The lowest BCUT2D eigenvalue weighted by atomic mass is 9.92. The van der Waals surface area contributed by atoms with Crippen molar-refractivity contribution in [3.8, 4) is 0 Å². The fraction of sp³-hybridized carbons (Fsp3) is 0.440. The van der Waals surface area contributed by atoms with Crippen molar-refractivity contribution in [3.63, 3.8) is 0 Å². The van der Waals surface area contributed by atoms with Gasteiger partial charge in [0.25, 0.3) is 0 Å². The Labute approximate surface area is 176 Å². The zero-order valence-corrected chi connectivity index (χ0v) is 19.3. The summed E-state index contributed by atoms with van der Waals surface area (Å²) < 4.78 is 0. The Bertz CT molecular complexity index is 806. The van der Waals surface area contributed by atoms with Crippen molar-refractivity contribution in [3.05, 3.63) is 69.8 Å². The molecule has 1 aromatic heterocycles. The molecule has 2 aromatic rings. The Kier molecular flexibility index (Phi) is 10.8. The van der Waals surface area contributed by atoms with E-state index in [0.29, 0.717) is 11.2 Å². The normalized spacial score (nSPS) is 12.6. The van der Waals surface area contributed by atoms with Crippen LogP contribution in [-0.2, 0) is 6.42 Å². The van der Waals surface area contributed by atoms with Crippen LogP contribution in [0.5, 0.6) is 0 Å². The predicted octanol–water partition coefficient (Wildman–Crippen LogP) is 7.93. The van der Waals surface area contributed by atoms with E-state index in [0.717, 1.165) is 41.8 Å². The molecule has 0 radical (unpaired) electrons. The molecular weight excluding hydrogens is 364 g/mol. The van der Waals surface area contributed by atoms with Crippen LogP contribution in [0.15, 0.2) is 36.4 Å². The first-order valence-corrected chi connectivity index (χ1v) is 10.9. The van der Waals surface area contributed by atoms with Crippen LogP contribution >= 0.6 is 11.6 Å². The molecule has 0 aliphatic heterocycles. The first-order valence-electron chi connectivity index (χ1n) is 10.5. The highest BCUT2D eigenvalue weighted by molar-refractivity contribution is 6.28. The molecule has 28 heavy (non-hydrogen) atoms. The van der Waals surface area contributed by atoms with Crippen LogP contribution in [0.4, 0.5) is 0 Å². The number of hydrogen-bond acceptors (Lipinski definition) is 2. The molecule has 0 bridgehead atoms. The van der Waals surface area contributed by atoms with E-state index in [1.165, 1.54) is 11.1 Å². The Balaban J connectivity index is 0.00000190. The van der Waals surface area contributed by atoms with Crippen molar-refractivity contribution < 1.29 is 0 Å². The van der Waals surface area contributed by atoms with Gasteiger partial charge in [-0.05, 0) is 55.0 Å². The van der Waals surface area contributed by atoms with Crippen molar-refractivity contribution in [2.45, 2.75) is 67.7 Å². The Morgan fingerprint density at radius 1 is 1.14 bits per heavy atom. The van der Waals surface area contributed by atoms with Gasteiger partial charge in [0.2, 0.25) is 5.28 Å². The third-order valence-corrected chi connectivity index (χ3v) is 4.92. The Morgan fingerprint density at radius 2 is 1.82 bits per heavy atom. The van der Waals surface area contributed by atoms with Gasteiger partial charge in [0, 0.05) is 11.1 Å². The molecule has 2 nitrogen and oxygen atoms in total. The number of rotatable bonds is 7. The molecule has 1 heterocycles. The standard InChI is InChI=1S/C23H29ClN2.C2H6/c1-6-11-18-12-9-10-13-20(18)19(8-3)22-17(5)21(25-23(24)26-22)15-14-16(4)7-2;1-2/h8-10,12-16H,6-7,11H2,1-5H3;1-2H3/b15-14-,19-8+;. The van der Waals surface area contributed by atoms with Crippen LogP contribution < -0.4 is 0 Å². The summed E-state index contributed by atoms with van der Waals surface area (Å²) in [6.45, 7) is 14.7. The van der Waals surface area contributed by atoms with E-state index in [1.54, 1.807) is 0 Å². The molecule has 0 N–H and O–H groups in total. The van der Waals surface area contributed by atoms with Gasteiger partial charge in [-0.15, -0.1) is 0 Å². The fourth-order valence-electron chi connectivity index (χ4n) is 3.01. The summed E-state index contributed by atoms with van der Waals surface area (Å²) in [5.41, 5.74) is 6.57. The summed E-state index contributed by atoms with van der Waals surface area (Å²) in [4.78, 5) is 9.03. The van der Waals surface area contributed by atoms with Crippen molar-refractivity contribution in [1.29, 1.82) is 0 Å². The second-order valence-electron chi connectivity index (χ2n) is 6.71. The molecule has 2 rings (SSSR count). The minimum Gasteiger partial charge on any atom is -0.218 e. The minimum atomic E-state index is 0.293. The van der Waals surface area contributed by atoms with Gasteiger partial charge in [0.15, 0.2) is 0 Å². The molecule has 0 spiro atoms. The van der Waals surface area contributed by atoms with Gasteiger partial charge < -0.3 is 0 Å². The van der Waals surface area contributed by atoms with Crippen LogP contribution in [-0.4, -0.2) is 9.97 Å². The molecule has 0 fully saturated rings. The molecule has 0 aliphatic rings. The van der Waals surface area contributed by atoms with Gasteiger partial charge in [-0.3, -0.25) is 0 Å². The lowest BCUT2D eigenvalue weighted by Gasteiger charge is -2.15. The lowest BCUT2D eigenvalue weighted by molar-refractivity contribution is 0.701. The fourth-order valence-corrected chi connectivity index (χ4v) is 3.19. The molecule has 0 amide bonds. The van der Waals surface area contributed by atoms with Gasteiger partial charge >= 0.3 is 0 Å². The Morgan fingerprint density at radius 3 is 2.43 bits per heavy atom. The van der Waals surface area contributed by atoms with Gasteiger partial charge in [-0.25, -0.2) is 9.97 Å². The smallest absolute Gasteiger partial charge is 0.218 e. The van der Waals surface area contributed by atoms with Crippen LogP contribution in [0, 0.1) is 12.8 Å². The highest BCUT2D eigenvalue weighted by Gasteiger charge is 2.16. The monoisotopic (exact) mass is 398 g/mol. The topological polar surface area (TPSA) is 25.8 Å². The third kappa shape index (κ3) is 6.31. The van der Waals surface area contributed by atoms with E-state index in [4.69, 9.17) is 11.6 Å². The molecule has 1 unspecified atom stereocenters. The van der Waals surface area contributed by atoms with Gasteiger partial charge in [-0.1, -0.05) is 83.9 Å². The maximum atomic E-state index is 6.28. The summed E-state index contributed by atoms with van der Waals surface area (Å²) in [5, 5.41) is 0.293. The zero-order chi connectivity index (χ0) is 21.1. The molecule has 0 saturated carbocycles. The molecular formula is C25H35ClN2. The highest BCUT2D eigenvalue weighted by atomic mass is 35.5. The predicted molar refractivity (Wildman–Crippen MR) is 125 cm³/mol. The largest absolute Gasteiger partial charge is 0.223 e. The molecule has 3 heteroatoms. The van der Waals surface area contributed by atoms with Crippen LogP contribution in [0.2, 0.25) is 5.28 Å². The summed E-state index contributed by atoms with van der Waals surface area (Å²) >= 11 is 6.28. The first kappa shape index (κ1) is 24.1. The maximum Gasteiger partial charge on any atom is 0.223 e. The molecule has 0 saturated heterocycles. The molecule has 1 atom stereocenters. The third-order valence-electron chi connectivity index (χ3n) is 4.75. The van der Waals surface area contributed by atoms with E-state index < -0.39 is 0 Å². The highest BCUT2D eigenvalue weighted by Crippen LogP contribution is 2.30. The zero-order valence-electron chi connectivity index (χ0n) is 18.5. The summed E-state index contributed by atoms with van der Waals surface area (Å²) in [6, 6.07) is 8.55. The minimum absolute atomic E-state index is 0.293. The first-order chi connectivity index (χ1) is 13.5. The van der Waals surface area contributed by atoms with E-state index in [9.17, 15) is 0 Å². The summed E-state index contributed by atoms with van der Waals surface area (Å²) in [5.74, 6) is 0.512. The summed E-state index contributed by atoms with van der Waals surface area (Å²) in [7, 11) is 0. The maximum absolute atomic E-state index is 6.28. The van der Waals surface area contributed by atoms with Crippen molar-refractivity contribution >= 4 is 23.3 Å². The van der Waals surface area contributed by atoms with Crippen molar-refractivity contribution in [2.24, 2.45) is 5.92 Å². The average Bonchev–Trinajstić information content (AvgIpc) is 2.72. The van der Waals surface area contributed by atoms with Gasteiger partial charge in [0.05, 0.1) is 11.4 Å². The lowest BCUT2D eigenvalue weighted by Crippen LogP contribution is -2.03. The number of aryl methyl sites for hydroxylation is 1. The number of halogens is 1. The Hall–Kier alpha value is -1.93. The van der Waals surface area contributed by atoms with Gasteiger partial charge in [-0.2, -0.15) is 0 Å². The van der Waals surface area contributed by atoms with E-state index in [2.05, 4.69) is 87.1 Å². The van der Waals surface area contributed by atoms with E-state index >= 15 is 0 Å². The second-order valence-corrected chi connectivity index (χ2v) is 7.04. The molecule has 1 aromatic carbocycles. The SMILES string of the molecule is C/C=C(\c1ccccc1CCC)c1nc(Cl)nc(/C=C\C(C)CC)c1C.CC. The molecule has 152 valence electrons. The number of allylic oxidation sites excluding steroid dienone is 2. The summed E-state index contributed by atoms with van der Waals surface area (Å²) in [6.07, 6.45) is 9.65. The van der Waals surface area contributed by atoms with Gasteiger partial charge in [0.1, 0.15) is 0 Å². The number of nitrogens with zero attached hydrogens (tertiary/aromatic N) is 2. The number of aromatic nitrogens is 2.